The van der Waals surface area contributed by atoms with Gasteiger partial charge in [0.1, 0.15) is 17.4 Å². The Kier molecular flexibility index (Phi) is 4.74. The fourth-order valence-electron chi connectivity index (χ4n) is 3.02. The third-order valence-electron chi connectivity index (χ3n) is 4.34. The van der Waals surface area contributed by atoms with Crippen molar-refractivity contribution < 1.29 is 18.8 Å². The van der Waals surface area contributed by atoms with Crippen LogP contribution in [0.1, 0.15) is 34.7 Å². The Labute approximate surface area is 141 Å². The molecular formula is C18H22N2O4. The second-order valence-electron chi connectivity index (χ2n) is 5.96. The van der Waals surface area contributed by atoms with E-state index in [1.807, 2.05) is 29.2 Å². The summed E-state index contributed by atoms with van der Waals surface area (Å²) in [5.41, 5.74) is 1.23. The molecule has 0 bridgehead atoms. The van der Waals surface area contributed by atoms with Crippen LogP contribution >= 0.6 is 0 Å². The van der Waals surface area contributed by atoms with Crippen molar-refractivity contribution in [3.63, 3.8) is 0 Å². The first-order valence-electron chi connectivity index (χ1n) is 8.12. The van der Waals surface area contributed by atoms with Gasteiger partial charge in [-0.3, -0.25) is 4.79 Å². The average molecular weight is 330 g/mol. The molecule has 6 nitrogen and oxygen atoms in total. The van der Waals surface area contributed by atoms with Crippen molar-refractivity contribution in [2.24, 2.45) is 0 Å². The number of piperidine rings is 1. The van der Waals surface area contributed by atoms with Crippen LogP contribution in [0.3, 0.4) is 0 Å². The van der Waals surface area contributed by atoms with Crippen LogP contribution in [0.5, 0.6) is 11.5 Å². The molecule has 3 rings (SSSR count). The second kappa shape index (κ2) is 6.95. The molecule has 0 unspecified atom stereocenters. The standard InChI is InChI=1S/C18H22N2O4/c1-12-17(13(2)24-19-12)18(21)20-10-8-14(9-11-20)23-16-7-5-4-6-15(16)22-3/h4-7,14H,8-11H2,1-3H3. The van der Waals surface area contributed by atoms with E-state index in [-0.39, 0.29) is 12.0 Å². The average Bonchev–Trinajstić information content (AvgIpc) is 2.94. The van der Waals surface area contributed by atoms with Gasteiger partial charge in [-0.15, -0.1) is 0 Å². The summed E-state index contributed by atoms with van der Waals surface area (Å²) >= 11 is 0. The van der Waals surface area contributed by atoms with Gasteiger partial charge in [-0.05, 0) is 26.0 Å². The number of para-hydroxylation sites is 2. The Morgan fingerprint density at radius 2 is 1.88 bits per heavy atom. The van der Waals surface area contributed by atoms with Crippen LogP contribution in [-0.4, -0.2) is 42.3 Å². The van der Waals surface area contributed by atoms with E-state index in [4.69, 9.17) is 14.0 Å². The van der Waals surface area contributed by atoms with E-state index in [2.05, 4.69) is 5.16 Å². The molecule has 0 spiro atoms. The second-order valence-corrected chi connectivity index (χ2v) is 5.96. The number of nitrogens with zero attached hydrogens (tertiary/aromatic N) is 2. The minimum absolute atomic E-state index is 0.0120. The number of methoxy groups -OCH3 is 1. The number of hydrogen-bond donors (Lipinski definition) is 0. The molecule has 1 aliphatic heterocycles. The van der Waals surface area contributed by atoms with Crippen LogP contribution in [0.15, 0.2) is 28.8 Å². The minimum atomic E-state index is -0.0120. The van der Waals surface area contributed by atoms with Crippen molar-refractivity contribution in [3.05, 3.63) is 41.3 Å². The molecule has 1 aromatic heterocycles. The van der Waals surface area contributed by atoms with E-state index in [1.54, 1.807) is 21.0 Å². The highest BCUT2D eigenvalue weighted by Gasteiger charge is 2.28. The first-order chi connectivity index (χ1) is 11.6. The number of likely N-dealkylation sites (tertiary alicyclic amines) is 1. The predicted octanol–water partition coefficient (Wildman–Crippen LogP) is 2.98. The van der Waals surface area contributed by atoms with E-state index < -0.39 is 0 Å². The molecule has 128 valence electrons. The van der Waals surface area contributed by atoms with Gasteiger partial charge in [-0.2, -0.15) is 0 Å². The number of benzene rings is 1. The monoisotopic (exact) mass is 330 g/mol. The Hall–Kier alpha value is -2.50. The third kappa shape index (κ3) is 3.22. The maximum atomic E-state index is 12.6. The lowest BCUT2D eigenvalue weighted by atomic mass is 10.1. The molecule has 24 heavy (non-hydrogen) atoms. The SMILES string of the molecule is COc1ccccc1OC1CCN(C(=O)c2c(C)noc2C)CC1. The lowest BCUT2D eigenvalue weighted by molar-refractivity contribution is 0.0588. The highest BCUT2D eigenvalue weighted by atomic mass is 16.5. The van der Waals surface area contributed by atoms with Crippen molar-refractivity contribution in [1.82, 2.24) is 10.1 Å². The first kappa shape index (κ1) is 16.4. The van der Waals surface area contributed by atoms with Crippen molar-refractivity contribution in [2.75, 3.05) is 20.2 Å². The minimum Gasteiger partial charge on any atom is -0.493 e. The third-order valence-corrected chi connectivity index (χ3v) is 4.34. The summed E-state index contributed by atoms with van der Waals surface area (Å²) in [6, 6.07) is 7.62. The van der Waals surface area contributed by atoms with E-state index in [9.17, 15) is 4.79 Å². The number of carbonyl (C=O) groups is 1. The molecule has 0 radical (unpaired) electrons. The molecular weight excluding hydrogens is 308 g/mol. The Morgan fingerprint density at radius 3 is 2.46 bits per heavy atom. The summed E-state index contributed by atoms with van der Waals surface area (Å²) in [7, 11) is 1.63. The molecule has 1 aromatic carbocycles. The van der Waals surface area contributed by atoms with Gasteiger partial charge >= 0.3 is 0 Å². The number of aromatic nitrogens is 1. The number of amides is 1. The predicted molar refractivity (Wildman–Crippen MR) is 88.5 cm³/mol. The van der Waals surface area contributed by atoms with Gasteiger partial charge in [0, 0.05) is 25.9 Å². The van der Waals surface area contributed by atoms with E-state index >= 15 is 0 Å². The van der Waals surface area contributed by atoms with Gasteiger partial charge in [0.15, 0.2) is 11.5 Å². The first-order valence-corrected chi connectivity index (χ1v) is 8.12. The summed E-state index contributed by atoms with van der Waals surface area (Å²) in [4.78, 5) is 14.5. The van der Waals surface area contributed by atoms with Crippen molar-refractivity contribution in [1.29, 1.82) is 0 Å². The van der Waals surface area contributed by atoms with Gasteiger partial charge in [0.05, 0.1) is 12.8 Å². The summed E-state index contributed by atoms with van der Waals surface area (Å²) in [6.45, 7) is 4.87. The highest BCUT2D eigenvalue weighted by Crippen LogP contribution is 2.29. The highest BCUT2D eigenvalue weighted by molar-refractivity contribution is 5.96. The summed E-state index contributed by atoms with van der Waals surface area (Å²) < 4.78 is 16.5. The molecule has 1 fully saturated rings. The van der Waals surface area contributed by atoms with Crippen LogP contribution in [0.25, 0.3) is 0 Å². The summed E-state index contributed by atoms with van der Waals surface area (Å²) in [5, 5.41) is 3.86. The van der Waals surface area contributed by atoms with Crippen LogP contribution in [0.4, 0.5) is 0 Å². The van der Waals surface area contributed by atoms with Crippen LogP contribution in [0.2, 0.25) is 0 Å². The molecule has 0 saturated carbocycles. The van der Waals surface area contributed by atoms with E-state index in [0.717, 1.165) is 24.3 Å². The van der Waals surface area contributed by atoms with Crippen molar-refractivity contribution in [3.8, 4) is 11.5 Å². The van der Waals surface area contributed by atoms with Crippen molar-refractivity contribution in [2.45, 2.75) is 32.8 Å². The van der Waals surface area contributed by atoms with Gasteiger partial charge in [0.25, 0.3) is 5.91 Å². The van der Waals surface area contributed by atoms with Gasteiger partial charge < -0.3 is 18.9 Å². The maximum absolute atomic E-state index is 12.6. The Bertz CT molecular complexity index is 698. The maximum Gasteiger partial charge on any atom is 0.259 e. The van der Waals surface area contributed by atoms with Crippen molar-refractivity contribution >= 4 is 5.91 Å². The number of aryl methyl sites for hydroxylation is 2. The van der Waals surface area contributed by atoms with Crippen LogP contribution < -0.4 is 9.47 Å². The Balaban J connectivity index is 1.61. The molecule has 1 aliphatic rings. The fourth-order valence-corrected chi connectivity index (χ4v) is 3.02. The normalized spacial score (nSPS) is 15.4. The largest absolute Gasteiger partial charge is 0.493 e. The zero-order chi connectivity index (χ0) is 17.1. The van der Waals surface area contributed by atoms with Crippen LogP contribution in [0, 0.1) is 13.8 Å². The number of ether oxygens (including phenoxy) is 2. The van der Waals surface area contributed by atoms with Crippen LogP contribution in [-0.2, 0) is 0 Å². The van der Waals surface area contributed by atoms with Gasteiger partial charge in [-0.1, -0.05) is 17.3 Å². The zero-order valence-corrected chi connectivity index (χ0v) is 14.2. The molecule has 0 N–H and O–H groups in total. The molecule has 2 aromatic rings. The Morgan fingerprint density at radius 1 is 1.21 bits per heavy atom. The molecule has 1 saturated heterocycles. The molecule has 6 heteroatoms. The summed E-state index contributed by atoms with van der Waals surface area (Å²) in [6.07, 6.45) is 1.65. The lowest BCUT2D eigenvalue weighted by Gasteiger charge is -2.32. The molecule has 0 atom stereocenters. The van der Waals surface area contributed by atoms with Gasteiger partial charge in [0.2, 0.25) is 0 Å². The molecule has 2 heterocycles. The summed E-state index contributed by atoms with van der Waals surface area (Å²) in [5.74, 6) is 2.04. The van der Waals surface area contributed by atoms with E-state index in [0.29, 0.717) is 30.1 Å². The fraction of sp³-hybridized carbons (Fsp3) is 0.444. The smallest absolute Gasteiger partial charge is 0.259 e. The number of hydrogen-bond acceptors (Lipinski definition) is 5. The quantitative estimate of drug-likeness (QED) is 0.862. The lowest BCUT2D eigenvalue weighted by Crippen LogP contribution is -2.42. The zero-order valence-electron chi connectivity index (χ0n) is 14.2. The van der Waals surface area contributed by atoms with E-state index in [1.165, 1.54) is 0 Å². The molecule has 0 aliphatic carbocycles. The topological polar surface area (TPSA) is 64.8 Å². The number of rotatable bonds is 4. The molecule has 1 amide bonds. The van der Waals surface area contributed by atoms with Gasteiger partial charge in [-0.25, -0.2) is 0 Å². The number of carbonyl (C=O) groups excluding carboxylic acids is 1.